The molecule has 0 aliphatic carbocycles. The first-order chi connectivity index (χ1) is 10.1. The van der Waals surface area contributed by atoms with Crippen molar-refractivity contribution in [2.24, 2.45) is 0 Å². The number of methoxy groups -OCH3 is 1. The van der Waals surface area contributed by atoms with Crippen molar-refractivity contribution in [3.63, 3.8) is 0 Å². The molecule has 0 aromatic heterocycles. The topological polar surface area (TPSA) is 64.4 Å². The number of hydrogen-bond donors (Lipinski definition) is 1. The summed E-state index contributed by atoms with van der Waals surface area (Å²) in [4.78, 5) is 10.6. The van der Waals surface area contributed by atoms with Gasteiger partial charge in [0.25, 0.3) is 5.69 Å². The van der Waals surface area contributed by atoms with E-state index in [2.05, 4.69) is 21.2 Å². The third-order valence-corrected chi connectivity index (χ3v) is 3.43. The van der Waals surface area contributed by atoms with Gasteiger partial charge in [-0.05, 0) is 23.3 Å². The van der Waals surface area contributed by atoms with Gasteiger partial charge in [0.1, 0.15) is 5.69 Å². The molecule has 0 bridgehead atoms. The van der Waals surface area contributed by atoms with Gasteiger partial charge in [0.05, 0.1) is 11.5 Å². The summed E-state index contributed by atoms with van der Waals surface area (Å²) in [5, 5.41) is 14.1. The van der Waals surface area contributed by atoms with Crippen LogP contribution in [0.3, 0.4) is 0 Å². The second-order valence-electron chi connectivity index (χ2n) is 4.53. The molecular formula is C15H15BrN2O3. The molecule has 0 atom stereocenters. The molecule has 6 heteroatoms. The number of nitro groups is 1. The van der Waals surface area contributed by atoms with Crippen molar-refractivity contribution in [3.8, 4) is 0 Å². The van der Waals surface area contributed by atoms with Crippen molar-refractivity contribution >= 4 is 27.3 Å². The zero-order chi connectivity index (χ0) is 15.2. The summed E-state index contributed by atoms with van der Waals surface area (Å²) in [6, 6.07) is 12.7. The highest BCUT2D eigenvalue weighted by molar-refractivity contribution is 9.10. The highest BCUT2D eigenvalue weighted by atomic mass is 79.9. The highest BCUT2D eigenvalue weighted by Crippen LogP contribution is 2.28. The van der Waals surface area contributed by atoms with E-state index < -0.39 is 4.92 Å². The van der Waals surface area contributed by atoms with E-state index in [9.17, 15) is 10.1 Å². The Morgan fingerprint density at radius 2 is 2.00 bits per heavy atom. The molecule has 0 spiro atoms. The number of anilines is 1. The van der Waals surface area contributed by atoms with E-state index in [0.717, 1.165) is 15.6 Å². The van der Waals surface area contributed by atoms with E-state index in [4.69, 9.17) is 4.74 Å². The molecule has 0 radical (unpaired) electrons. The lowest BCUT2D eigenvalue weighted by atomic mass is 10.1. The van der Waals surface area contributed by atoms with Crippen LogP contribution in [0, 0.1) is 10.1 Å². The van der Waals surface area contributed by atoms with Gasteiger partial charge in [-0.25, -0.2) is 0 Å². The van der Waals surface area contributed by atoms with Gasteiger partial charge in [0, 0.05) is 24.2 Å². The number of ether oxygens (including phenoxy) is 1. The number of nitrogens with zero attached hydrogens (tertiary/aromatic N) is 1. The summed E-state index contributed by atoms with van der Waals surface area (Å²) >= 11 is 3.32. The van der Waals surface area contributed by atoms with Gasteiger partial charge in [-0.3, -0.25) is 10.1 Å². The molecule has 2 rings (SSSR count). The van der Waals surface area contributed by atoms with Crippen molar-refractivity contribution in [1.29, 1.82) is 0 Å². The Kier molecular flexibility index (Phi) is 5.30. The fourth-order valence-corrected chi connectivity index (χ4v) is 2.36. The van der Waals surface area contributed by atoms with Crippen molar-refractivity contribution < 1.29 is 9.66 Å². The maximum absolute atomic E-state index is 11.0. The second kappa shape index (κ2) is 7.19. The van der Waals surface area contributed by atoms with Crippen molar-refractivity contribution in [1.82, 2.24) is 0 Å². The highest BCUT2D eigenvalue weighted by Gasteiger charge is 2.13. The summed E-state index contributed by atoms with van der Waals surface area (Å²) in [6.45, 7) is 1.06. The van der Waals surface area contributed by atoms with Gasteiger partial charge in [-0.15, -0.1) is 0 Å². The fourth-order valence-electron chi connectivity index (χ4n) is 2.00. The number of hydrogen-bond acceptors (Lipinski definition) is 4. The molecule has 0 saturated carbocycles. The lowest BCUT2D eigenvalue weighted by Gasteiger charge is -2.09. The molecule has 21 heavy (non-hydrogen) atoms. The first-order valence-electron chi connectivity index (χ1n) is 6.34. The predicted octanol–water partition coefficient (Wildman–Crippen LogP) is 4.12. The second-order valence-corrected chi connectivity index (χ2v) is 5.44. The van der Waals surface area contributed by atoms with Gasteiger partial charge < -0.3 is 10.1 Å². The zero-order valence-corrected chi connectivity index (χ0v) is 13.1. The predicted molar refractivity (Wildman–Crippen MR) is 85.3 cm³/mol. The summed E-state index contributed by atoms with van der Waals surface area (Å²) in [6.07, 6.45) is 0. The molecule has 1 N–H and O–H groups in total. The number of nitro benzene ring substituents is 1. The van der Waals surface area contributed by atoms with Crippen LogP contribution in [0.4, 0.5) is 11.4 Å². The minimum Gasteiger partial charge on any atom is -0.380 e. The lowest BCUT2D eigenvalue weighted by Crippen LogP contribution is -2.03. The first-order valence-corrected chi connectivity index (χ1v) is 7.14. The van der Waals surface area contributed by atoms with E-state index >= 15 is 0 Å². The Balaban J connectivity index is 2.14. The molecule has 0 amide bonds. The number of nitrogens with one attached hydrogen (secondary N) is 1. The molecule has 0 heterocycles. The van der Waals surface area contributed by atoms with E-state index in [0.29, 0.717) is 18.8 Å². The van der Waals surface area contributed by atoms with Crippen LogP contribution >= 0.6 is 15.9 Å². The van der Waals surface area contributed by atoms with Gasteiger partial charge >= 0.3 is 0 Å². The Hall–Kier alpha value is -1.92. The molecule has 0 aliphatic rings. The van der Waals surface area contributed by atoms with Crippen LogP contribution in [0.15, 0.2) is 46.9 Å². The average molecular weight is 351 g/mol. The molecule has 0 unspecified atom stereocenters. The number of rotatable bonds is 6. The van der Waals surface area contributed by atoms with Crippen LogP contribution in [0.2, 0.25) is 0 Å². The van der Waals surface area contributed by atoms with Crippen LogP contribution < -0.4 is 5.32 Å². The molecule has 0 fully saturated rings. The third-order valence-electron chi connectivity index (χ3n) is 2.94. The van der Waals surface area contributed by atoms with Gasteiger partial charge in [0.2, 0.25) is 0 Å². The first kappa shape index (κ1) is 15.5. The maximum atomic E-state index is 11.0. The fraction of sp³-hybridized carbons (Fsp3) is 0.200. The minimum absolute atomic E-state index is 0.0613. The standard InChI is InChI=1S/C15H15BrN2O3/c1-21-10-12-4-2-3-11(7-12)9-17-14-8-13(16)5-6-15(14)18(19)20/h2-8,17H,9-10H2,1H3. The van der Waals surface area contributed by atoms with Gasteiger partial charge in [-0.1, -0.05) is 40.2 Å². The summed E-state index contributed by atoms with van der Waals surface area (Å²) in [5.41, 5.74) is 2.66. The van der Waals surface area contributed by atoms with Crippen molar-refractivity contribution in [3.05, 3.63) is 68.2 Å². The third kappa shape index (κ3) is 4.27. The molecule has 5 nitrogen and oxygen atoms in total. The quantitative estimate of drug-likeness (QED) is 0.628. The van der Waals surface area contributed by atoms with Crippen molar-refractivity contribution in [2.75, 3.05) is 12.4 Å². The van der Waals surface area contributed by atoms with E-state index in [-0.39, 0.29) is 5.69 Å². The number of benzene rings is 2. The van der Waals surface area contributed by atoms with E-state index in [1.54, 1.807) is 19.2 Å². The molecule has 2 aromatic rings. The Morgan fingerprint density at radius 3 is 2.71 bits per heavy atom. The summed E-state index contributed by atoms with van der Waals surface area (Å²) in [5.74, 6) is 0. The van der Waals surface area contributed by atoms with Gasteiger partial charge in [-0.2, -0.15) is 0 Å². The smallest absolute Gasteiger partial charge is 0.292 e. The Morgan fingerprint density at radius 1 is 1.24 bits per heavy atom. The molecule has 0 aliphatic heterocycles. The van der Waals surface area contributed by atoms with Gasteiger partial charge in [0.15, 0.2) is 0 Å². The van der Waals surface area contributed by atoms with Crippen LogP contribution in [0.25, 0.3) is 0 Å². The summed E-state index contributed by atoms with van der Waals surface area (Å²) < 4.78 is 5.89. The molecular weight excluding hydrogens is 336 g/mol. The Bertz CT molecular complexity index is 647. The monoisotopic (exact) mass is 350 g/mol. The van der Waals surface area contributed by atoms with Crippen molar-refractivity contribution in [2.45, 2.75) is 13.2 Å². The maximum Gasteiger partial charge on any atom is 0.292 e. The van der Waals surface area contributed by atoms with Crippen LogP contribution in [0.1, 0.15) is 11.1 Å². The zero-order valence-electron chi connectivity index (χ0n) is 11.5. The van der Waals surface area contributed by atoms with Crippen LogP contribution in [-0.4, -0.2) is 12.0 Å². The number of halogens is 1. The van der Waals surface area contributed by atoms with E-state index in [1.807, 2.05) is 24.3 Å². The normalized spacial score (nSPS) is 10.4. The molecule has 0 saturated heterocycles. The minimum atomic E-state index is -0.393. The lowest BCUT2D eigenvalue weighted by molar-refractivity contribution is -0.384. The SMILES string of the molecule is COCc1cccc(CNc2cc(Br)ccc2[N+](=O)[O-])c1. The largest absolute Gasteiger partial charge is 0.380 e. The summed E-state index contributed by atoms with van der Waals surface area (Å²) in [7, 11) is 1.65. The van der Waals surface area contributed by atoms with Crippen LogP contribution in [0.5, 0.6) is 0 Å². The average Bonchev–Trinajstić information content (AvgIpc) is 2.45. The van der Waals surface area contributed by atoms with E-state index in [1.165, 1.54) is 6.07 Å². The molecule has 110 valence electrons. The Labute approximate surface area is 131 Å². The van der Waals surface area contributed by atoms with Crippen LogP contribution in [-0.2, 0) is 17.9 Å². The molecule has 2 aromatic carbocycles.